The first-order valence-corrected chi connectivity index (χ1v) is 18.2. The maximum atomic E-state index is 11.8. The van der Waals surface area contributed by atoms with Crippen molar-refractivity contribution >= 4 is 36.2 Å². The van der Waals surface area contributed by atoms with E-state index >= 15 is 0 Å². The van der Waals surface area contributed by atoms with Crippen LogP contribution in [-0.2, 0) is 0 Å². The molecule has 6 aromatic heterocycles. The van der Waals surface area contributed by atoms with E-state index in [0.29, 0.717) is 34.2 Å². The van der Waals surface area contributed by atoms with Gasteiger partial charge in [-0.25, -0.2) is 61.3 Å². The Morgan fingerprint density at radius 3 is 0.483 bits per heavy atom. The van der Waals surface area contributed by atoms with Crippen molar-refractivity contribution in [3.8, 4) is 0 Å². The number of carbonyl (C=O) groups is 6. The minimum Gasteiger partial charge on any atom is -0.246 e. The minimum absolute atomic E-state index is 0.537. The summed E-state index contributed by atoms with van der Waals surface area (Å²) < 4.78 is 7.06. The van der Waals surface area contributed by atoms with Crippen molar-refractivity contribution in [2.75, 3.05) is 0 Å². The lowest BCUT2D eigenvalue weighted by atomic mass is 10.4. The second kappa shape index (κ2) is 19.0. The molecule has 6 N–H and O–H groups in total. The molecule has 0 aliphatic heterocycles. The van der Waals surface area contributed by atoms with Crippen LogP contribution < -0.4 is 32.6 Å². The van der Waals surface area contributed by atoms with Crippen molar-refractivity contribution in [2.24, 2.45) is 0 Å². The third-order valence-corrected chi connectivity index (χ3v) is 8.04. The molecule has 0 atom stereocenters. The zero-order valence-corrected chi connectivity index (χ0v) is 35.3. The molecule has 0 saturated carbocycles. The normalized spacial score (nSPS) is 10.4. The highest BCUT2D eigenvalue weighted by molar-refractivity contribution is 5.84. The first-order valence-electron chi connectivity index (χ1n) is 18.2. The molecule has 318 valence electrons. The molecule has 6 aromatic rings. The Balaban J connectivity index is 0.000000198. The van der Waals surface area contributed by atoms with Gasteiger partial charge in [0.1, 0.15) is 0 Å². The third-order valence-electron chi connectivity index (χ3n) is 8.04. The molecule has 0 radical (unpaired) electrons. The number of hydrazine groups is 3. The van der Waals surface area contributed by atoms with Crippen LogP contribution in [0.15, 0.2) is 36.4 Å². The number of nitrogens with one attached hydrogen (secondary N) is 6. The van der Waals surface area contributed by atoms with Gasteiger partial charge in [0.15, 0.2) is 0 Å². The molecule has 0 saturated heterocycles. The van der Waals surface area contributed by atoms with Crippen LogP contribution in [-0.4, -0.2) is 94.9 Å². The lowest BCUT2D eigenvalue weighted by Gasteiger charge is -2.08. The molecule has 24 nitrogen and oxygen atoms in total. The molecule has 6 amide bonds. The van der Waals surface area contributed by atoms with Gasteiger partial charge in [0.25, 0.3) is 0 Å². The van der Waals surface area contributed by atoms with Gasteiger partial charge < -0.3 is 0 Å². The van der Waals surface area contributed by atoms with Crippen LogP contribution in [0.5, 0.6) is 0 Å². The van der Waals surface area contributed by atoms with Gasteiger partial charge in [-0.15, -0.1) is 0 Å². The Morgan fingerprint density at radius 1 is 0.283 bits per heavy atom. The zero-order valence-electron chi connectivity index (χ0n) is 35.3. The number of amides is 6. The lowest BCUT2D eigenvalue weighted by Crippen LogP contribution is -2.46. The number of hydrogen-bond acceptors (Lipinski definition) is 12. The van der Waals surface area contributed by atoms with Gasteiger partial charge in [-0.3, -0.25) is 0 Å². The van der Waals surface area contributed by atoms with Gasteiger partial charge in [-0.05, 0) is 119 Å². The fraction of sp³-hybridized carbons (Fsp3) is 0.333. The highest BCUT2D eigenvalue weighted by Gasteiger charge is 2.16. The highest BCUT2D eigenvalue weighted by atomic mass is 16.2. The van der Waals surface area contributed by atoms with Crippen LogP contribution in [0.4, 0.5) is 28.8 Å². The van der Waals surface area contributed by atoms with Gasteiger partial charge in [0.2, 0.25) is 0 Å². The van der Waals surface area contributed by atoms with Crippen LogP contribution in [0.1, 0.15) is 68.3 Å². The summed E-state index contributed by atoms with van der Waals surface area (Å²) in [5.41, 5.74) is 22.2. The molecule has 0 aliphatic carbocycles. The molecule has 24 heteroatoms. The molecule has 6 heterocycles. The van der Waals surface area contributed by atoms with E-state index in [9.17, 15) is 28.8 Å². The van der Waals surface area contributed by atoms with Crippen LogP contribution in [0, 0.1) is 83.1 Å². The fourth-order valence-electron chi connectivity index (χ4n) is 5.65. The van der Waals surface area contributed by atoms with E-state index in [2.05, 4.69) is 63.1 Å². The summed E-state index contributed by atoms with van der Waals surface area (Å²) in [7, 11) is 0. The summed E-state index contributed by atoms with van der Waals surface area (Å²) in [6, 6.07) is 7.38. The van der Waals surface area contributed by atoms with Gasteiger partial charge >= 0.3 is 36.2 Å². The van der Waals surface area contributed by atoms with Gasteiger partial charge in [0.05, 0.1) is 34.2 Å². The molecule has 0 spiro atoms. The largest absolute Gasteiger partial charge is 0.361 e. The van der Waals surface area contributed by atoms with Crippen molar-refractivity contribution in [2.45, 2.75) is 83.1 Å². The SMILES string of the molecule is Cc1cc(C)n(C(=O)NNC(=O)n2nc(C)cc2C)n1.Cc1cc(C)n(C(=O)NNC(=O)n2nc(C)cc2C)n1.Cc1cc(C)n(C(=O)NNC(=O)n2nc(C)cc2C)n1. The topological polar surface area (TPSA) is 282 Å². The molecular weight excluding hydrogens is 781 g/mol. The number of rotatable bonds is 0. The molecule has 6 rings (SSSR count). The quantitative estimate of drug-likeness (QED) is 0.121. The molecular formula is C36H48N18O6. The summed E-state index contributed by atoms with van der Waals surface area (Å²) >= 11 is 0. The summed E-state index contributed by atoms with van der Waals surface area (Å²) in [4.78, 5) is 71.1. The summed E-state index contributed by atoms with van der Waals surface area (Å²) in [5, 5.41) is 24.1. The van der Waals surface area contributed by atoms with E-state index in [1.54, 1.807) is 119 Å². The van der Waals surface area contributed by atoms with Crippen molar-refractivity contribution in [3.63, 3.8) is 0 Å². The van der Waals surface area contributed by atoms with Crippen LogP contribution in [0.3, 0.4) is 0 Å². The maximum Gasteiger partial charge on any atom is 0.361 e. The Labute approximate surface area is 343 Å². The van der Waals surface area contributed by atoms with E-state index in [0.717, 1.165) is 34.2 Å². The lowest BCUT2D eigenvalue weighted by molar-refractivity contribution is 0.222. The number of aryl methyl sites for hydroxylation is 12. The number of nitrogens with zero attached hydrogens (tertiary/aromatic N) is 12. The summed E-state index contributed by atoms with van der Waals surface area (Å²) in [6.07, 6.45) is 0. The minimum atomic E-state index is -0.537. The second-order valence-corrected chi connectivity index (χ2v) is 13.6. The average molecular weight is 829 g/mol. The van der Waals surface area contributed by atoms with Gasteiger partial charge in [-0.1, -0.05) is 0 Å². The van der Waals surface area contributed by atoms with Crippen LogP contribution in [0.2, 0.25) is 0 Å². The van der Waals surface area contributed by atoms with Gasteiger partial charge in [0, 0.05) is 34.2 Å². The number of aromatic nitrogens is 12. The Bertz CT molecular complexity index is 2110. The van der Waals surface area contributed by atoms with E-state index < -0.39 is 36.2 Å². The molecule has 0 fully saturated rings. The molecule has 0 unspecified atom stereocenters. The van der Waals surface area contributed by atoms with E-state index in [1.165, 1.54) is 28.1 Å². The predicted octanol–water partition coefficient (Wildman–Crippen LogP) is 3.13. The van der Waals surface area contributed by atoms with E-state index in [4.69, 9.17) is 0 Å². The van der Waals surface area contributed by atoms with Crippen LogP contribution in [0.25, 0.3) is 0 Å². The van der Waals surface area contributed by atoms with Gasteiger partial charge in [-0.2, -0.15) is 58.7 Å². The maximum absolute atomic E-state index is 11.8. The second-order valence-electron chi connectivity index (χ2n) is 13.6. The summed E-state index contributed by atoms with van der Waals surface area (Å²) in [6.45, 7) is 21.2. The fourth-order valence-corrected chi connectivity index (χ4v) is 5.65. The average Bonchev–Trinajstić information content (AvgIpc) is 4.02. The van der Waals surface area contributed by atoms with Crippen molar-refractivity contribution in [1.29, 1.82) is 0 Å². The molecule has 0 aliphatic rings. The number of carbonyl (C=O) groups excluding carboxylic acids is 6. The monoisotopic (exact) mass is 828 g/mol. The van der Waals surface area contributed by atoms with Crippen molar-refractivity contribution in [3.05, 3.63) is 105 Å². The first-order chi connectivity index (χ1) is 28.1. The Morgan fingerprint density at radius 2 is 0.400 bits per heavy atom. The van der Waals surface area contributed by atoms with E-state index in [-0.39, 0.29) is 0 Å². The molecule has 0 aromatic carbocycles. The Hall–Kier alpha value is -7.92. The highest BCUT2D eigenvalue weighted by Crippen LogP contribution is 2.05. The van der Waals surface area contributed by atoms with Crippen molar-refractivity contribution in [1.82, 2.24) is 91.2 Å². The predicted molar refractivity (Wildman–Crippen MR) is 214 cm³/mol. The number of hydrogen-bond donors (Lipinski definition) is 6. The Kier molecular flexibility index (Phi) is 14.2. The first kappa shape index (κ1) is 44.8. The molecule has 60 heavy (non-hydrogen) atoms. The van der Waals surface area contributed by atoms with Crippen molar-refractivity contribution < 1.29 is 28.8 Å². The smallest absolute Gasteiger partial charge is 0.246 e. The summed E-state index contributed by atoms with van der Waals surface area (Å²) in [5.74, 6) is 0. The standard InChI is InChI=1S/3C12H16N6O2/c3*1-7-5-9(3)17(15-7)11(19)13-14-12(20)18-10(4)6-8(2)16-18/h3*5-6H,1-4H3,(H,13,19)(H,14,20). The zero-order chi connectivity index (χ0) is 44.6. The molecule has 0 bridgehead atoms. The third kappa shape index (κ3) is 11.4. The van der Waals surface area contributed by atoms with E-state index in [1.807, 2.05) is 0 Å². The van der Waals surface area contributed by atoms with Crippen LogP contribution >= 0.6 is 0 Å².